The summed E-state index contributed by atoms with van der Waals surface area (Å²) in [5.74, 6) is 1.71. The Kier molecular flexibility index (Phi) is 3.69. The highest BCUT2D eigenvalue weighted by Crippen LogP contribution is 2.18. The van der Waals surface area contributed by atoms with Gasteiger partial charge in [-0.3, -0.25) is 4.99 Å². The Morgan fingerprint density at radius 3 is 2.71 bits per heavy atom. The zero-order valence-electron chi connectivity index (χ0n) is 12.2. The minimum Gasteiger partial charge on any atom is -0.496 e. The molecule has 0 saturated heterocycles. The van der Waals surface area contributed by atoms with Crippen LogP contribution in [-0.2, 0) is 13.6 Å². The predicted octanol–water partition coefficient (Wildman–Crippen LogP) is 3.20. The molecule has 0 aliphatic rings. The molecule has 106 valence electrons. The van der Waals surface area contributed by atoms with Gasteiger partial charge in [-0.05, 0) is 18.2 Å². The summed E-state index contributed by atoms with van der Waals surface area (Å²) < 4.78 is 7.37. The second kappa shape index (κ2) is 5.79. The summed E-state index contributed by atoms with van der Waals surface area (Å²) in [5.41, 5.74) is 3.16. The molecule has 0 aliphatic heterocycles. The molecule has 3 aromatic rings. The second-order valence-electron chi connectivity index (χ2n) is 4.80. The van der Waals surface area contributed by atoms with Gasteiger partial charge in [-0.2, -0.15) is 0 Å². The number of nitrogens with zero attached hydrogens (tertiary/aromatic N) is 3. The van der Waals surface area contributed by atoms with Gasteiger partial charge in [0.05, 0.1) is 30.9 Å². The van der Waals surface area contributed by atoms with Crippen molar-refractivity contribution < 1.29 is 4.74 Å². The molecule has 1 heterocycles. The van der Waals surface area contributed by atoms with Crippen LogP contribution in [0, 0.1) is 0 Å². The van der Waals surface area contributed by atoms with Gasteiger partial charge in [0, 0.05) is 12.6 Å². The highest BCUT2D eigenvalue weighted by molar-refractivity contribution is 5.84. The number of para-hydroxylation sites is 3. The molecule has 1 aromatic heterocycles. The Bertz CT molecular complexity index is 790. The Balaban J connectivity index is 1.83. The smallest absolute Gasteiger partial charge is 0.151 e. The van der Waals surface area contributed by atoms with E-state index in [-0.39, 0.29) is 0 Å². The monoisotopic (exact) mass is 279 g/mol. The number of rotatable bonds is 4. The van der Waals surface area contributed by atoms with Crippen LogP contribution in [0.4, 0.5) is 0 Å². The molecule has 2 aromatic carbocycles. The van der Waals surface area contributed by atoms with Crippen molar-refractivity contribution >= 4 is 17.2 Å². The van der Waals surface area contributed by atoms with Gasteiger partial charge in [-0.25, -0.2) is 4.98 Å². The number of aliphatic imine (C=N–C) groups is 1. The standard InChI is InChI=1S/C17H17N3O/c1-20-15-9-5-4-8-14(15)19-17(20)12-18-11-13-7-3-6-10-16(13)21-2/h3-10,12H,11H2,1-2H3/b18-12-. The van der Waals surface area contributed by atoms with E-state index in [1.54, 1.807) is 7.11 Å². The van der Waals surface area contributed by atoms with E-state index in [0.29, 0.717) is 6.54 Å². The summed E-state index contributed by atoms with van der Waals surface area (Å²) in [6.07, 6.45) is 1.81. The Labute approximate surface area is 123 Å². The molecule has 0 unspecified atom stereocenters. The van der Waals surface area contributed by atoms with E-state index in [4.69, 9.17) is 4.74 Å². The summed E-state index contributed by atoms with van der Waals surface area (Å²) in [7, 11) is 3.67. The highest BCUT2D eigenvalue weighted by Gasteiger charge is 2.04. The van der Waals surface area contributed by atoms with E-state index in [1.807, 2.05) is 60.3 Å². The maximum atomic E-state index is 5.33. The highest BCUT2D eigenvalue weighted by atomic mass is 16.5. The normalized spacial score (nSPS) is 11.3. The molecular weight excluding hydrogens is 262 g/mol. The lowest BCUT2D eigenvalue weighted by atomic mass is 10.2. The zero-order chi connectivity index (χ0) is 14.7. The fourth-order valence-electron chi connectivity index (χ4n) is 2.34. The Morgan fingerprint density at radius 1 is 1.14 bits per heavy atom. The van der Waals surface area contributed by atoms with E-state index < -0.39 is 0 Å². The van der Waals surface area contributed by atoms with Gasteiger partial charge < -0.3 is 9.30 Å². The summed E-state index contributed by atoms with van der Waals surface area (Å²) in [4.78, 5) is 9.06. The number of ether oxygens (including phenoxy) is 1. The van der Waals surface area contributed by atoms with E-state index in [0.717, 1.165) is 28.2 Å². The molecule has 0 saturated carbocycles. The summed E-state index contributed by atoms with van der Waals surface area (Å²) in [6.45, 7) is 0.577. The first kappa shape index (κ1) is 13.4. The molecule has 4 nitrogen and oxygen atoms in total. The third-order valence-electron chi connectivity index (χ3n) is 3.48. The molecule has 0 fully saturated rings. The lowest BCUT2D eigenvalue weighted by Gasteiger charge is -2.04. The lowest BCUT2D eigenvalue weighted by molar-refractivity contribution is 0.410. The number of fused-ring (bicyclic) bond motifs is 1. The molecular formula is C17H17N3O. The molecule has 3 rings (SSSR count). The average molecular weight is 279 g/mol. The molecule has 0 radical (unpaired) electrons. The van der Waals surface area contributed by atoms with Crippen LogP contribution in [0.5, 0.6) is 5.75 Å². The van der Waals surface area contributed by atoms with Crippen molar-refractivity contribution in [3.8, 4) is 5.75 Å². The van der Waals surface area contributed by atoms with E-state index in [9.17, 15) is 0 Å². The number of hydrogen-bond acceptors (Lipinski definition) is 3. The van der Waals surface area contributed by atoms with Crippen LogP contribution in [0.3, 0.4) is 0 Å². The topological polar surface area (TPSA) is 39.4 Å². The fraction of sp³-hybridized carbons (Fsp3) is 0.176. The van der Waals surface area contributed by atoms with Crippen molar-refractivity contribution in [2.45, 2.75) is 6.54 Å². The van der Waals surface area contributed by atoms with Gasteiger partial charge in [0.2, 0.25) is 0 Å². The van der Waals surface area contributed by atoms with Crippen LogP contribution in [0.2, 0.25) is 0 Å². The van der Waals surface area contributed by atoms with E-state index >= 15 is 0 Å². The minimum absolute atomic E-state index is 0.577. The molecule has 0 aliphatic carbocycles. The van der Waals surface area contributed by atoms with Gasteiger partial charge in [-0.1, -0.05) is 30.3 Å². The molecule has 0 spiro atoms. The van der Waals surface area contributed by atoms with Crippen LogP contribution in [0.1, 0.15) is 11.4 Å². The Hall–Kier alpha value is -2.62. The van der Waals surface area contributed by atoms with Gasteiger partial charge >= 0.3 is 0 Å². The molecule has 21 heavy (non-hydrogen) atoms. The number of aryl methyl sites for hydroxylation is 1. The summed E-state index contributed by atoms with van der Waals surface area (Å²) in [5, 5.41) is 0. The van der Waals surface area contributed by atoms with Crippen LogP contribution in [0.25, 0.3) is 11.0 Å². The SMILES string of the molecule is COc1ccccc1C/N=C\c1nc2ccccc2n1C. The van der Waals surface area contributed by atoms with Gasteiger partial charge in [0.25, 0.3) is 0 Å². The maximum Gasteiger partial charge on any atom is 0.151 e. The molecule has 4 heteroatoms. The first-order valence-corrected chi connectivity index (χ1v) is 6.83. The molecule has 0 atom stereocenters. The molecule has 0 N–H and O–H groups in total. The maximum absolute atomic E-state index is 5.33. The van der Waals surface area contributed by atoms with Crippen LogP contribution >= 0.6 is 0 Å². The van der Waals surface area contributed by atoms with Gasteiger partial charge in [0.1, 0.15) is 5.75 Å². The van der Waals surface area contributed by atoms with Crippen molar-refractivity contribution in [1.29, 1.82) is 0 Å². The minimum atomic E-state index is 0.577. The first-order valence-electron chi connectivity index (χ1n) is 6.83. The van der Waals surface area contributed by atoms with Crippen LogP contribution < -0.4 is 4.74 Å². The summed E-state index contributed by atoms with van der Waals surface area (Å²) >= 11 is 0. The molecule has 0 bridgehead atoms. The lowest BCUT2D eigenvalue weighted by Crippen LogP contribution is -1.97. The Morgan fingerprint density at radius 2 is 1.90 bits per heavy atom. The third-order valence-corrected chi connectivity index (χ3v) is 3.48. The van der Waals surface area contributed by atoms with Crippen molar-refractivity contribution in [2.75, 3.05) is 7.11 Å². The first-order chi connectivity index (χ1) is 10.3. The number of aromatic nitrogens is 2. The van der Waals surface area contributed by atoms with Crippen molar-refractivity contribution in [3.05, 3.63) is 59.9 Å². The number of benzene rings is 2. The van der Waals surface area contributed by atoms with Gasteiger partial charge in [0.15, 0.2) is 5.82 Å². The zero-order valence-corrected chi connectivity index (χ0v) is 12.2. The van der Waals surface area contributed by atoms with E-state index in [2.05, 4.69) is 16.0 Å². The third kappa shape index (κ3) is 2.65. The van der Waals surface area contributed by atoms with Crippen LogP contribution in [-0.4, -0.2) is 22.9 Å². The van der Waals surface area contributed by atoms with Crippen molar-refractivity contribution in [1.82, 2.24) is 9.55 Å². The largest absolute Gasteiger partial charge is 0.496 e. The fourth-order valence-corrected chi connectivity index (χ4v) is 2.34. The number of imidazole rings is 1. The van der Waals surface area contributed by atoms with Crippen molar-refractivity contribution in [2.24, 2.45) is 12.0 Å². The van der Waals surface area contributed by atoms with Gasteiger partial charge in [-0.15, -0.1) is 0 Å². The van der Waals surface area contributed by atoms with Crippen molar-refractivity contribution in [3.63, 3.8) is 0 Å². The second-order valence-corrected chi connectivity index (χ2v) is 4.80. The predicted molar refractivity (Wildman–Crippen MR) is 85.0 cm³/mol. The number of hydrogen-bond donors (Lipinski definition) is 0. The summed E-state index contributed by atoms with van der Waals surface area (Å²) in [6, 6.07) is 16.0. The number of methoxy groups -OCH3 is 1. The van der Waals surface area contributed by atoms with E-state index in [1.165, 1.54) is 0 Å². The average Bonchev–Trinajstić information content (AvgIpc) is 2.85. The molecule has 0 amide bonds. The quantitative estimate of drug-likeness (QED) is 0.688. The van der Waals surface area contributed by atoms with Crippen LogP contribution in [0.15, 0.2) is 53.5 Å².